The Bertz CT molecular complexity index is 233. The molecule has 0 unspecified atom stereocenters. The Morgan fingerprint density at radius 3 is 2.53 bits per heavy atom. The highest BCUT2D eigenvalue weighted by Crippen LogP contribution is 2.39. The van der Waals surface area contributed by atoms with Crippen molar-refractivity contribution in [3.8, 4) is 0 Å². The van der Waals surface area contributed by atoms with Gasteiger partial charge in [0.1, 0.15) is 0 Å². The van der Waals surface area contributed by atoms with Crippen LogP contribution in [0.3, 0.4) is 0 Å². The molecule has 1 heterocycles. The van der Waals surface area contributed by atoms with Gasteiger partial charge >= 0.3 is 0 Å². The highest BCUT2D eigenvalue weighted by atomic mass is 28.4. The van der Waals surface area contributed by atoms with Gasteiger partial charge in [0, 0.05) is 13.2 Å². The molecule has 1 fully saturated rings. The highest BCUT2D eigenvalue weighted by molar-refractivity contribution is 6.74. The van der Waals surface area contributed by atoms with E-state index in [1.54, 1.807) is 0 Å². The lowest BCUT2D eigenvalue weighted by molar-refractivity contribution is -0.0758. The van der Waals surface area contributed by atoms with E-state index in [4.69, 9.17) is 14.3 Å². The molecule has 0 aliphatic carbocycles. The summed E-state index contributed by atoms with van der Waals surface area (Å²) in [4.78, 5) is 0. The molecule has 1 N–H and O–H groups in total. The number of hydrogen-bond donors (Lipinski definition) is 1. The van der Waals surface area contributed by atoms with E-state index in [0.29, 0.717) is 6.42 Å². The number of aliphatic hydroxyl groups excluding tert-OH is 1. The van der Waals surface area contributed by atoms with Gasteiger partial charge in [-0.2, -0.15) is 0 Å². The zero-order valence-electron chi connectivity index (χ0n) is 12.0. The van der Waals surface area contributed by atoms with Crippen LogP contribution >= 0.6 is 0 Å². The second kappa shape index (κ2) is 5.82. The summed E-state index contributed by atoms with van der Waals surface area (Å²) < 4.78 is 12.1. The first kappa shape index (κ1) is 15.2. The van der Waals surface area contributed by atoms with Crippen molar-refractivity contribution in [3.63, 3.8) is 0 Å². The first-order chi connectivity index (χ1) is 7.78. The maximum atomic E-state index is 9.07. The molecule has 0 aromatic carbocycles. The fourth-order valence-electron chi connectivity index (χ4n) is 1.90. The highest BCUT2D eigenvalue weighted by Gasteiger charge is 2.41. The molecule has 0 aromatic heterocycles. The summed E-state index contributed by atoms with van der Waals surface area (Å²) in [7, 11) is -1.72. The van der Waals surface area contributed by atoms with Gasteiger partial charge in [-0.05, 0) is 37.4 Å². The van der Waals surface area contributed by atoms with Crippen LogP contribution in [0.4, 0.5) is 0 Å². The van der Waals surface area contributed by atoms with Crippen molar-refractivity contribution in [2.75, 3.05) is 13.2 Å². The topological polar surface area (TPSA) is 38.7 Å². The monoisotopic (exact) mass is 260 g/mol. The molecule has 0 radical (unpaired) electrons. The van der Waals surface area contributed by atoms with E-state index in [2.05, 4.69) is 33.9 Å². The lowest BCUT2D eigenvalue weighted by atomic mass is 10.0. The summed E-state index contributed by atoms with van der Waals surface area (Å²) in [6.07, 6.45) is 3.09. The van der Waals surface area contributed by atoms with Crippen LogP contribution in [-0.2, 0) is 9.16 Å². The molecule has 17 heavy (non-hydrogen) atoms. The normalized spacial score (nSPS) is 27.2. The lowest BCUT2D eigenvalue weighted by Gasteiger charge is -2.42. The molecule has 0 aromatic rings. The minimum absolute atomic E-state index is 0.0860. The van der Waals surface area contributed by atoms with E-state index >= 15 is 0 Å². The Hall–Kier alpha value is 0.0969. The van der Waals surface area contributed by atoms with Crippen molar-refractivity contribution in [2.24, 2.45) is 0 Å². The first-order valence-corrected chi connectivity index (χ1v) is 9.59. The van der Waals surface area contributed by atoms with Crippen LogP contribution in [0.25, 0.3) is 0 Å². The van der Waals surface area contributed by atoms with E-state index in [0.717, 1.165) is 19.4 Å². The quantitative estimate of drug-likeness (QED) is 0.790. The van der Waals surface area contributed by atoms with Crippen LogP contribution < -0.4 is 0 Å². The minimum Gasteiger partial charge on any atom is -0.411 e. The van der Waals surface area contributed by atoms with Crippen LogP contribution in [0, 0.1) is 0 Å². The molecule has 0 bridgehead atoms. The van der Waals surface area contributed by atoms with Gasteiger partial charge in [-0.1, -0.05) is 20.8 Å². The minimum atomic E-state index is -1.72. The second-order valence-corrected chi connectivity index (χ2v) is 11.2. The van der Waals surface area contributed by atoms with Crippen molar-refractivity contribution in [2.45, 2.75) is 70.4 Å². The number of ether oxygens (including phenoxy) is 1. The molecule has 0 saturated carbocycles. The molecule has 2 atom stereocenters. The maximum absolute atomic E-state index is 9.07. The van der Waals surface area contributed by atoms with Crippen molar-refractivity contribution in [1.82, 2.24) is 0 Å². The molecule has 1 rings (SSSR count). The largest absolute Gasteiger partial charge is 0.411 e. The number of rotatable bonds is 4. The van der Waals surface area contributed by atoms with Crippen molar-refractivity contribution in [3.05, 3.63) is 0 Å². The molecule has 3 nitrogen and oxygen atoms in total. The van der Waals surface area contributed by atoms with Crippen molar-refractivity contribution < 1.29 is 14.3 Å². The van der Waals surface area contributed by atoms with Crippen LogP contribution in [0.5, 0.6) is 0 Å². The van der Waals surface area contributed by atoms with Gasteiger partial charge in [0.15, 0.2) is 8.32 Å². The van der Waals surface area contributed by atoms with Gasteiger partial charge in [-0.3, -0.25) is 0 Å². The fraction of sp³-hybridized carbons (Fsp3) is 1.00. The summed E-state index contributed by atoms with van der Waals surface area (Å²) in [5.41, 5.74) is 0. The summed E-state index contributed by atoms with van der Waals surface area (Å²) in [6, 6.07) is 0. The standard InChI is InChI=1S/C13H28O3Si/c1-13(2,3)17(4,5)16-12-7-6-10-15-11(12)8-9-14/h11-12,14H,6-10H2,1-5H3/t11-,12+/m1/s1. The molecule has 4 heteroatoms. The average Bonchev–Trinajstić information content (AvgIpc) is 2.19. The Balaban J connectivity index is 2.64. The third-order valence-corrected chi connectivity index (χ3v) is 8.55. The van der Waals surface area contributed by atoms with Crippen LogP contribution in [0.1, 0.15) is 40.0 Å². The zero-order valence-corrected chi connectivity index (χ0v) is 13.0. The summed E-state index contributed by atoms with van der Waals surface area (Å²) in [5.74, 6) is 0. The van der Waals surface area contributed by atoms with E-state index < -0.39 is 8.32 Å². The third kappa shape index (κ3) is 4.05. The molecular formula is C13H28O3Si. The van der Waals surface area contributed by atoms with Gasteiger partial charge in [0.25, 0.3) is 0 Å². The third-order valence-electron chi connectivity index (χ3n) is 4.05. The zero-order chi connectivity index (χ0) is 13.1. The number of hydrogen-bond acceptors (Lipinski definition) is 3. The molecule has 1 aliphatic heterocycles. The Kier molecular flexibility index (Phi) is 5.19. The van der Waals surface area contributed by atoms with E-state index in [9.17, 15) is 0 Å². The second-order valence-electron chi connectivity index (χ2n) is 6.48. The van der Waals surface area contributed by atoms with Crippen LogP contribution in [0.15, 0.2) is 0 Å². The van der Waals surface area contributed by atoms with Crippen LogP contribution in [0.2, 0.25) is 18.1 Å². The Morgan fingerprint density at radius 1 is 1.35 bits per heavy atom. The van der Waals surface area contributed by atoms with Crippen molar-refractivity contribution >= 4 is 8.32 Å². The van der Waals surface area contributed by atoms with Gasteiger partial charge in [-0.25, -0.2) is 0 Å². The van der Waals surface area contributed by atoms with Gasteiger partial charge in [0.2, 0.25) is 0 Å². The smallest absolute Gasteiger partial charge is 0.192 e. The Labute approximate surface area is 107 Å². The van der Waals surface area contributed by atoms with Crippen molar-refractivity contribution in [1.29, 1.82) is 0 Å². The molecule has 1 aliphatic rings. The predicted molar refractivity (Wildman–Crippen MR) is 72.7 cm³/mol. The van der Waals surface area contributed by atoms with E-state index in [1.807, 2.05) is 0 Å². The molecule has 1 saturated heterocycles. The summed E-state index contributed by atoms with van der Waals surface area (Å²) in [6.45, 7) is 12.3. The average molecular weight is 260 g/mol. The van der Waals surface area contributed by atoms with E-state index in [-0.39, 0.29) is 23.9 Å². The summed E-state index contributed by atoms with van der Waals surface area (Å²) >= 11 is 0. The fourth-order valence-corrected chi connectivity index (χ4v) is 3.28. The van der Waals surface area contributed by atoms with E-state index in [1.165, 1.54) is 0 Å². The lowest BCUT2D eigenvalue weighted by Crippen LogP contribution is -2.49. The Morgan fingerprint density at radius 2 is 2.00 bits per heavy atom. The van der Waals surface area contributed by atoms with Gasteiger partial charge in [0.05, 0.1) is 12.2 Å². The maximum Gasteiger partial charge on any atom is 0.192 e. The molecule has 0 amide bonds. The molecule has 0 spiro atoms. The number of aliphatic hydroxyl groups is 1. The van der Waals surface area contributed by atoms with Gasteiger partial charge < -0.3 is 14.3 Å². The SMILES string of the molecule is CC(C)(C)[Si](C)(C)O[C@H]1CCCO[C@@H]1CCO. The van der Waals surface area contributed by atoms with Crippen LogP contribution in [-0.4, -0.2) is 38.8 Å². The predicted octanol–water partition coefficient (Wildman–Crippen LogP) is 2.94. The molecular weight excluding hydrogens is 232 g/mol. The first-order valence-electron chi connectivity index (χ1n) is 6.68. The summed E-state index contributed by atoms with van der Waals surface area (Å²) in [5, 5.41) is 9.30. The van der Waals surface area contributed by atoms with Gasteiger partial charge in [-0.15, -0.1) is 0 Å². The molecule has 102 valence electrons.